The first kappa shape index (κ1) is 22.5. The van der Waals surface area contributed by atoms with E-state index in [0.717, 1.165) is 25.7 Å². The molecule has 3 rings (SSSR count). The number of allylic oxidation sites excluding steroid dienone is 2. The van der Waals surface area contributed by atoms with Crippen LogP contribution in [0.15, 0.2) is 40.7 Å². The van der Waals surface area contributed by atoms with Crippen molar-refractivity contribution in [3.8, 4) is 6.07 Å². The number of carbonyl (C=O) groups is 2. The second kappa shape index (κ2) is 9.75. The summed E-state index contributed by atoms with van der Waals surface area (Å²) in [5.41, 5.74) is 1.53. The molecule has 0 radical (unpaired) electrons. The van der Waals surface area contributed by atoms with Gasteiger partial charge in [-0.05, 0) is 44.7 Å². The third-order valence-corrected chi connectivity index (χ3v) is 6.00. The number of carbonyl (C=O) groups excluding carboxylic acids is 1. The van der Waals surface area contributed by atoms with E-state index in [4.69, 9.17) is 9.47 Å². The van der Waals surface area contributed by atoms with Crippen LogP contribution in [-0.2, 0) is 19.1 Å². The van der Waals surface area contributed by atoms with Crippen molar-refractivity contribution < 1.29 is 24.2 Å². The number of esters is 1. The summed E-state index contributed by atoms with van der Waals surface area (Å²) in [5.74, 6) is -2.39. The number of aromatic nitrogens is 1. The second-order valence-corrected chi connectivity index (χ2v) is 7.92. The monoisotopic (exact) mass is 425 g/mol. The van der Waals surface area contributed by atoms with E-state index in [2.05, 4.69) is 10.3 Å². The van der Waals surface area contributed by atoms with Crippen LogP contribution in [0.1, 0.15) is 56.8 Å². The van der Waals surface area contributed by atoms with Gasteiger partial charge in [-0.15, -0.1) is 0 Å². The van der Waals surface area contributed by atoms with Gasteiger partial charge >= 0.3 is 11.9 Å². The molecule has 2 heterocycles. The Morgan fingerprint density at radius 2 is 1.94 bits per heavy atom. The number of nitrogens with zero attached hydrogens (tertiary/aromatic N) is 2. The molecule has 164 valence electrons. The number of nitrogens with one attached hydrogen (secondary N) is 1. The molecule has 0 spiro atoms. The van der Waals surface area contributed by atoms with E-state index in [1.54, 1.807) is 33.1 Å². The topological polar surface area (TPSA) is 122 Å². The van der Waals surface area contributed by atoms with Crippen LogP contribution in [0.25, 0.3) is 0 Å². The summed E-state index contributed by atoms with van der Waals surface area (Å²) in [6, 6.07) is 6.72. The minimum absolute atomic E-state index is 0.000718. The van der Waals surface area contributed by atoms with E-state index >= 15 is 0 Å². The lowest BCUT2D eigenvalue weighted by atomic mass is 9.82. The average Bonchev–Trinajstić information content (AvgIpc) is 3.28. The Morgan fingerprint density at radius 1 is 1.26 bits per heavy atom. The van der Waals surface area contributed by atoms with Gasteiger partial charge in [-0.25, -0.2) is 14.6 Å². The van der Waals surface area contributed by atoms with Crippen LogP contribution in [0, 0.1) is 17.2 Å². The Balaban J connectivity index is 1.93. The van der Waals surface area contributed by atoms with Crippen molar-refractivity contribution in [2.24, 2.45) is 5.92 Å². The van der Waals surface area contributed by atoms with Crippen molar-refractivity contribution in [2.45, 2.75) is 51.6 Å². The Labute approximate surface area is 181 Å². The molecule has 8 heteroatoms. The van der Waals surface area contributed by atoms with Gasteiger partial charge in [0, 0.05) is 18.5 Å². The molecule has 0 amide bonds. The number of aliphatic carboxylic acids is 1. The van der Waals surface area contributed by atoms with Crippen molar-refractivity contribution in [1.29, 1.82) is 5.26 Å². The molecule has 1 aliphatic carbocycles. The zero-order valence-electron chi connectivity index (χ0n) is 18.0. The highest BCUT2D eigenvalue weighted by atomic mass is 16.6. The smallest absolute Gasteiger partial charge is 0.336 e. The number of methoxy groups -OCH3 is 1. The van der Waals surface area contributed by atoms with E-state index in [-0.39, 0.29) is 29.6 Å². The number of hydrogen-bond donors (Lipinski definition) is 2. The number of carboxylic acids is 1. The molecule has 1 aliphatic heterocycles. The van der Waals surface area contributed by atoms with Gasteiger partial charge in [0.2, 0.25) is 0 Å². The summed E-state index contributed by atoms with van der Waals surface area (Å²) in [5, 5.41) is 22.1. The van der Waals surface area contributed by atoms with Crippen LogP contribution < -0.4 is 5.32 Å². The van der Waals surface area contributed by atoms with E-state index in [0.29, 0.717) is 23.0 Å². The van der Waals surface area contributed by atoms with Gasteiger partial charge in [-0.1, -0.05) is 18.9 Å². The fourth-order valence-corrected chi connectivity index (χ4v) is 4.48. The number of carboxylic acid groups (broad SMARTS) is 1. The zero-order valence-corrected chi connectivity index (χ0v) is 18.0. The highest BCUT2D eigenvalue weighted by molar-refractivity contribution is 5.99. The highest BCUT2D eigenvalue weighted by Gasteiger charge is 2.38. The summed E-state index contributed by atoms with van der Waals surface area (Å²) >= 11 is 0. The molecule has 0 saturated heterocycles. The van der Waals surface area contributed by atoms with Crippen LogP contribution in [-0.4, -0.2) is 41.8 Å². The lowest BCUT2D eigenvalue weighted by Gasteiger charge is -2.29. The Bertz CT molecular complexity index is 970. The molecular weight excluding hydrogens is 398 g/mol. The summed E-state index contributed by atoms with van der Waals surface area (Å²) in [4.78, 5) is 29.5. The molecule has 2 N–H and O–H groups in total. The van der Waals surface area contributed by atoms with Gasteiger partial charge < -0.3 is 19.9 Å². The fourth-order valence-electron chi connectivity index (χ4n) is 4.48. The van der Waals surface area contributed by atoms with Gasteiger partial charge in [-0.2, -0.15) is 5.26 Å². The average molecular weight is 425 g/mol. The Kier molecular flexibility index (Phi) is 7.08. The maximum atomic E-state index is 13.2. The maximum absolute atomic E-state index is 13.2. The predicted molar refractivity (Wildman–Crippen MR) is 112 cm³/mol. The third kappa shape index (κ3) is 4.78. The quantitative estimate of drug-likeness (QED) is 0.640. The zero-order chi connectivity index (χ0) is 22.5. The van der Waals surface area contributed by atoms with E-state index in [9.17, 15) is 20.0 Å². The number of pyridine rings is 1. The first-order valence-electron chi connectivity index (χ1n) is 10.4. The maximum Gasteiger partial charge on any atom is 0.336 e. The van der Waals surface area contributed by atoms with Gasteiger partial charge in [-0.3, -0.25) is 0 Å². The number of dihydropyridines is 1. The van der Waals surface area contributed by atoms with Crippen LogP contribution >= 0.6 is 0 Å². The molecule has 1 saturated carbocycles. The van der Waals surface area contributed by atoms with Gasteiger partial charge in [0.25, 0.3) is 0 Å². The number of hydrogen-bond acceptors (Lipinski definition) is 7. The van der Waals surface area contributed by atoms with Crippen LogP contribution in [0.4, 0.5) is 0 Å². The molecular formula is C23H27N3O5. The van der Waals surface area contributed by atoms with E-state index in [1.807, 2.05) is 6.07 Å². The standard InChI is InChI=1S/C23H27N3O5/c1-13-19(22(27)28)21(17-10-6-9-16(11-24)26-17)20(14(2)25-13)23(29)31-12-18(30-3)15-7-4-5-8-15/h6,9-10,15,18,21,25H,4-5,7-8,12H2,1-3H3,(H,27,28). The largest absolute Gasteiger partial charge is 0.478 e. The van der Waals surface area contributed by atoms with Crippen molar-refractivity contribution in [2.75, 3.05) is 13.7 Å². The molecule has 2 unspecified atom stereocenters. The number of rotatable bonds is 7. The molecule has 2 aliphatic rings. The summed E-state index contributed by atoms with van der Waals surface area (Å²) < 4.78 is 11.2. The third-order valence-electron chi connectivity index (χ3n) is 6.00. The Hall–Kier alpha value is -3.18. The first-order valence-corrected chi connectivity index (χ1v) is 10.4. The molecule has 8 nitrogen and oxygen atoms in total. The molecule has 1 aromatic heterocycles. The summed E-state index contributed by atoms with van der Waals surface area (Å²) in [7, 11) is 1.61. The summed E-state index contributed by atoms with van der Waals surface area (Å²) in [6.45, 7) is 3.43. The normalized spacial score (nSPS) is 20.3. The predicted octanol–water partition coefficient (Wildman–Crippen LogP) is 3.02. The molecule has 1 fully saturated rings. The highest BCUT2D eigenvalue weighted by Crippen LogP contribution is 2.38. The minimum Gasteiger partial charge on any atom is -0.478 e. The first-order chi connectivity index (χ1) is 14.9. The summed E-state index contributed by atoms with van der Waals surface area (Å²) in [6.07, 6.45) is 4.16. The van der Waals surface area contributed by atoms with Gasteiger partial charge in [0.15, 0.2) is 0 Å². The van der Waals surface area contributed by atoms with E-state index in [1.165, 1.54) is 6.07 Å². The van der Waals surface area contributed by atoms with Crippen molar-refractivity contribution in [3.05, 3.63) is 52.1 Å². The van der Waals surface area contributed by atoms with Crippen molar-refractivity contribution in [1.82, 2.24) is 10.3 Å². The number of nitriles is 1. The van der Waals surface area contributed by atoms with Gasteiger partial charge in [0.05, 0.1) is 28.9 Å². The van der Waals surface area contributed by atoms with Crippen molar-refractivity contribution >= 4 is 11.9 Å². The molecule has 0 bridgehead atoms. The lowest BCUT2D eigenvalue weighted by Crippen LogP contribution is -2.34. The van der Waals surface area contributed by atoms with Crippen LogP contribution in [0.5, 0.6) is 0 Å². The van der Waals surface area contributed by atoms with Gasteiger partial charge in [0.1, 0.15) is 18.4 Å². The molecule has 1 aromatic rings. The fraction of sp³-hybridized carbons (Fsp3) is 0.478. The van der Waals surface area contributed by atoms with E-state index < -0.39 is 17.9 Å². The van der Waals surface area contributed by atoms with Crippen LogP contribution in [0.3, 0.4) is 0 Å². The lowest BCUT2D eigenvalue weighted by molar-refractivity contribution is -0.144. The minimum atomic E-state index is -1.17. The molecule has 2 atom stereocenters. The number of ether oxygens (including phenoxy) is 2. The SMILES string of the molecule is COC(COC(=O)C1=C(C)NC(C)=C(C(=O)O)C1c1cccc(C#N)n1)C1CCCC1. The van der Waals surface area contributed by atoms with Crippen molar-refractivity contribution in [3.63, 3.8) is 0 Å². The van der Waals surface area contributed by atoms with Crippen LogP contribution in [0.2, 0.25) is 0 Å². The molecule has 31 heavy (non-hydrogen) atoms. The Morgan fingerprint density at radius 3 is 2.55 bits per heavy atom. The molecule has 0 aromatic carbocycles. The second-order valence-electron chi connectivity index (χ2n) is 7.92.